The van der Waals surface area contributed by atoms with Crippen LogP contribution in [0.15, 0.2) is 48.5 Å². The van der Waals surface area contributed by atoms with Gasteiger partial charge in [0.05, 0.1) is 13.2 Å². The number of aromatic hydroxyl groups is 2. The van der Waals surface area contributed by atoms with Crippen LogP contribution in [0.1, 0.15) is 37.8 Å². The Kier molecular flexibility index (Phi) is 11.5. The molecule has 2 rings (SSSR count). The zero-order valence-corrected chi connectivity index (χ0v) is 20.3. The number of nitrogens with one attached hydrogen (secondary N) is 2. The third-order valence-corrected chi connectivity index (χ3v) is 5.86. The third kappa shape index (κ3) is 9.47. The Bertz CT molecular complexity index is 860. The first kappa shape index (κ1) is 27.2. The Hall–Kier alpha value is -3.00. The summed E-state index contributed by atoms with van der Waals surface area (Å²) < 4.78 is 23.4. The summed E-state index contributed by atoms with van der Waals surface area (Å²) in [5.41, 5.74) is 1.46. The molecule has 0 heterocycles. The summed E-state index contributed by atoms with van der Waals surface area (Å²) in [7, 11) is -2.41. The summed E-state index contributed by atoms with van der Waals surface area (Å²) >= 11 is 0. The molecule has 0 aliphatic rings. The van der Waals surface area contributed by atoms with Gasteiger partial charge in [0.15, 0.2) is 12.1 Å². The van der Waals surface area contributed by atoms with E-state index in [0.29, 0.717) is 12.8 Å². The molecule has 2 unspecified atom stereocenters. The van der Waals surface area contributed by atoms with Crippen LogP contribution < -0.4 is 10.2 Å². The lowest BCUT2D eigenvalue weighted by molar-refractivity contribution is -0.146. The number of hydrogen-bond donors (Lipinski definition) is 4. The van der Waals surface area contributed by atoms with Crippen LogP contribution in [0.4, 0.5) is 0 Å². The van der Waals surface area contributed by atoms with Crippen LogP contribution in [-0.4, -0.2) is 47.4 Å². The van der Waals surface area contributed by atoms with Crippen molar-refractivity contribution in [3.05, 3.63) is 59.7 Å². The number of ether oxygens (including phenoxy) is 2. The highest BCUT2D eigenvalue weighted by Crippen LogP contribution is 2.19. The Morgan fingerprint density at radius 3 is 1.44 bits per heavy atom. The van der Waals surface area contributed by atoms with Crippen LogP contribution in [0, 0.1) is 0 Å². The fourth-order valence-electron chi connectivity index (χ4n) is 3.03. The van der Waals surface area contributed by atoms with E-state index in [-0.39, 0.29) is 37.6 Å². The first-order valence-electron chi connectivity index (χ1n) is 11.2. The SMILES string of the molecule is CCCOC(=O)C(Cc1ccc(O)cc1)N[P+](=O)NC(Cc1ccc(O)cc1)C(=O)OCCC. The number of esters is 2. The number of carbonyl (C=O) groups excluding carboxylic acids is 2. The third-order valence-electron chi connectivity index (χ3n) is 4.76. The normalized spacial score (nSPS) is 13.1. The molecule has 0 saturated heterocycles. The van der Waals surface area contributed by atoms with Crippen molar-refractivity contribution in [3.8, 4) is 11.5 Å². The second-order valence-corrected chi connectivity index (χ2v) is 8.84. The molecule has 0 fully saturated rings. The van der Waals surface area contributed by atoms with E-state index >= 15 is 0 Å². The Morgan fingerprint density at radius 1 is 0.765 bits per heavy atom. The molecule has 0 aliphatic carbocycles. The largest absolute Gasteiger partial charge is 0.533 e. The number of hydrogen-bond acceptors (Lipinski definition) is 7. The van der Waals surface area contributed by atoms with Crippen LogP contribution in [0.5, 0.6) is 11.5 Å². The van der Waals surface area contributed by atoms with E-state index in [1.165, 1.54) is 24.3 Å². The van der Waals surface area contributed by atoms with Gasteiger partial charge >= 0.3 is 20.0 Å². The highest BCUT2D eigenvalue weighted by molar-refractivity contribution is 7.40. The molecule has 2 atom stereocenters. The van der Waals surface area contributed by atoms with Gasteiger partial charge in [-0.25, -0.2) is 0 Å². The summed E-state index contributed by atoms with van der Waals surface area (Å²) in [4.78, 5) is 25.2. The second-order valence-electron chi connectivity index (χ2n) is 7.73. The van der Waals surface area contributed by atoms with Crippen LogP contribution >= 0.6 is 8.10 Å². The lowest BCUT2D eigenvalue weighted by Crippen LogP contribution is -2.42. The molecule has 0 aromatic heterocycles. The topological polar surface area (TPSA) is 134 Å². The number of benzene rings is 2. The minimum atomic E-state index is -2.41. The summed E-state index contributed by atoms with van der Waals surface area (Å²) in [6, 6.07) is 10.8. The maximum absolute atomic E-state index is 12.9. The number of phenolic OH excluding ortho intramolecular Hbond substituents is 2. The average Bonchev–Trinajstić information content (AvgIpc) is 2.82. The highest BCUT2D eigenvalue weighted by atomic mass is 31.1. The molecule has 0 aliphatic heterocycles. The van der Waals surface area contributed by atoms with E-state index in [1.807, 2.05) is 13.8 Å². The van der Waals surface area contributed by atoms with Crippen molar-refractivity contribution in [2.45, 2.75) is 51.6 Å². The van der Waals surface area contributed by atoms with Crippen molar-refractivity contribution in [2.24, 2.45) is 0 Å². The summed E-state index contributed by atoms with van der Waals surface area (Å²) in [6.45, 7) is 4.19. The van der Waals surface area contributed by atoms with Gasteiger partial charge in [-0.2, -0.15) is 0 Å². The molecule has 4 N–H and O–H groups in total. The van der Waals surface area contributed by atoms with Crippen molar-refractivity contribution in [3.63, 3.8) is 0 Å². The second kappa shape index (κ2) is 14.3. The molecule has 34 heavy (non-hydrogen) atoms. The van der Waals surface area contributed by atoms with E-state index in [9.17, 15) is 24.4 Å². The summed E-state index contributed by atoms with van der Waals surface area (Å²) in [5, 5.41) is 24.5. The average molecular weight is 492 g/mol. The van der Waals surface area contributed by atoms with Crippen LogP contribution in [0.3, 0.4) is 0 Å². The van der Waals surface area contributed by atoms with Gasteiger partial charge in [0.2, 0.25) is 0 Å². The van der Waals surface area contributed by atoms with Crippen molar-refractivity contribution in [1.82, 2.24) is 10.2 Å². The van der Waals surface area contributed by atoms with E-state index in [2.05, 4.69) is 10.2 Å². The van der Waals surface area contributed by atoms with Gasteiger partial charge in [-0.1, -0.05) is 48.3 Å². The van der Waals surface area contributed by atoms with E-state index in [4.69, 9.17) is 9.47 Å². The Balaban J connectivity index is 2.12. The molecule has 0 amide bonds. The Morgan fingerprint density at radius 2 is 1.12 bits per heavy atom. The zero-order valence-electron chi connectivity index (χ0n) is 19.4. The maximum atomic E-state index is 12.9. The standard InChI is InChI=1S/C24H31N2O7P/c1-3-13-32-23(29)21(15-17-5-9-19(27)10-6-17)25-34(31)26-22(24(30)33-14-4-2)16-18-7-11-20(28)12-8-18/h5-12,21-22H,3-4,13-16H2,1-2H3,(H3-,25,26,27,28,31)/p+1. The summed E-state index contributed by atoms with van der Waals surface area (Å²) in [5.74, 6) is -0.943. The van der Waals surface area contributed by atoms with Crippen LogP contribution in [-0.2, 0) is 36.5 Å². The molecule has 184 valence electrons. The molecule has 0 radical (unpaired) electrons. The van der Waals surface area contributed by atoms with Crippen molar-refractivity contribution >= 4 is 20.0 Å². The van der Waals surface area contributed by atoms with E-state index in [0.717, 1.165) is 11.1 Å². The van der Waals surface area contributed by atoms with Gasteiger partial charge < -0.3 is 19.7 Å². The van der Waals surface area contributed by atoms with Gasteiger partial charge in [-0.05, 0) is 52.8 Å². The molecular formula is C24H32N2O7P+. The minimum absolute atomic E-state index is 0.0947. The summed E-state index contributed by atoms with van der Waals surface area (Å²) in [6.07, 6.45) is 1.63. The van der Waals surface area contributed by atoms with Crippen LogP contribution in [0.2, 0.25) is 0 Å². The predicted octanol–water partition coefficient (Wildman–Crippen LogP) is 3.36. The van der Waals surface area contributed by atoms with Crippen molar-refractivity contribution < 1.29 is 33.8 Å². The fraction of sp³-hybridized carbons (Fsp3) is 0.417. The first-order valence-corrected chi connectivity index (χ1v) is 12.5. The fourth-order valence-corrected chi connectivity index (χ4v) is 4.06. The van der Waals surface area contributed by atoms with Gasteiger partial charge in [-0.3, -0.25) is 9.59 Å². The van der Waals surface area contributed by atoms with Gasteiger partial charge in [0.1, 0.15) is 11.5 Å². The van der Waals surface area contributed by atoms with Crippen LogP contribution in [0.25, 0.3) is 0 Å². The number of phenols is 2. The quantitative estimate of drug-likeness (QED) is 0.232. The van der Waals surface area contributed by atoms with Crippen molar-refractivity contribution in [1.29, 1.82) is 0 Å². The smallest absolute Gasteiger partial charge is 0.508 e. The maximum Gasteiger partial charge on any atom is 0.533 e. The zero-order chi connectivity index (χ0) is 24.9. The van der Waals surface area contributed by atoms with E-state index < -0.39 is 32.1 Å². The highest BCUT2D eigenvalue weighted by Gasteiger charge is 2.35. The minimum Gasteiger partial charge on any atom is -0.508 e. The van der Waals surface area contributed by atoms with Gasteiger partial charge in [0, 0.05) is 12.8 Å². The molecule has 9 nitrogen and oxygen atoms in total. The lowest BCUT2D eigenvalue weighted by Gasteiger charge is -2.15. The van der Waals surface area contributed by atoms with Gasteiger partial charge in [-0.15, -0.1) is 0 Å². The predicted molar refractivity (Wildman–Crippen MR) is 128 cm³/mol. The molecule has 2 aromatic rings. The van der Waals surface area contributed by atoms with Gasteiger partial charge in [0.25, 0.3) is 0 Å². The molecule has 0 saturated carbocycles. The van der Waals surface area contributed by atoms with E-state index in [1.54, 1.807) is 24.3 Å². The molecule has 2 aromatic carbocycles. The number of carbonyl (C=O) groups is 2. The molecule has 0 bridgehead atoms. The molecule has 10 heteroatoms. The molecule has 0 spiro atoms. The number of rotatable bonds is 14. The molecular weight excluding hydrogens is 459 g/mol. The monoisotopic (exact) mass is 491 g/mol. The van der Waals surface area contributed by atoms with Crippen molar-refractivity contribution in [2.75, 3.05) is 13.2 Å². The lowest BCUT2D eigenvalue weighted by atomic mass is 10.1. The Labute approximate surface area is 200 Å². The first-order chi connectivity index (χ1) is 16.3.